The maximum atomic E-state index is 14.7. The normalized spacial score (nSPS) is 18.7. The van der Waals surface area contributed by atoms with Gasteiger partial charge >= 0.3 is 11.8 Å². The molecule has 0 radical (unpaired) electrons. The van der Waals surface area contributed by atoms with Gasteiger partial charge in [-0.15, -0.1) is 0 Å². The number of hydrogen-bond acceptors (Lipinski definition) is 6. The maximum Gasteiger partial charge on any atom is 0.407 e. The predicted molar refractivity (Wildman–Crippen MR) is 128 cm³/mol. The van der Waals surface area contributed by atoms with E-state index in [2.05, 4.69) is 15.0 Å². The molecular weight excluding hydrogens is 463 g/mol. The summed E-state index contributed by atoms with van der Waals surface area (Å²) in [6.45, 7) is 9.90. The van der Waals surface area contributed by atoms with Crippen molar-refractivity contribution in [3.05, 3.63) is 51.0 Å². The van der Waals surface area contributed by atoms with E-state index in [0.717, 1.165) is 5.56 Å². The molecule has 1 amide bonds. The molecule has 9 nitrogen and oxygen atoms in total. The van der Waals surface area contributed by atoms with Gasteiger partial charge in [-0.05, 0) is 44.4 Å². The van der Waals surface area contributed by atoms with Crippen LogP contribution in [-0.4, -0.2) is 60.8 Å². The number of amides is 1. The lowest BCUT2D eigenvalue weighted by Crippen LogP contribution is -2.58. The predicted octanol–water partition coefficient (Wildman–Crippen LogP) is 3.98. The van der Waals surface area contributed by atoms with Crippen LogP contribution in [0.25, 0.3) is 16.7 Å². The molecule has 0 unspecified atom stereocenters. The number of anilines is 1. The molecule has 1 aliphatic heterocycles. The van der Waals surface area contributed by atoms with Gasteiger partial charge in [-0.1, -0.05) is 25.4 Å². The SMILES string of the molecule is Cc1ccnc(C(C)C)c1-n1c(=O)nc(N2[C@H](C)CN(C(=O)O)C[C@@H]2C)c2cc(F)c(Cl)nc21. The Morgan fingerprint density at radius 1 is 1.24 bits per heavy atom. The van der Waals surface area contributed by atoms with Gasteiger partial charge in [0.1, 0.15) is 5.82 Å². The molecule has 3 aromatic rings. The van der Waals surface area contributed by atoms with E-state index >= 15 is 0 Å². The van der Waals surface area contributed by atoms with Crippen molar-refractivity contribution < 1.29 is 14.3 Å². The lowest BCUT2D eigenvalue weighted by molar-refractivity contribution is 0.128. The second-order valence-electron chi connectivity index (χ2n) is 8.99. The summed E-state index contributed by atoms with van der Waals surface area (Å²) in [7, 11) is 0. The van der Waals surface area contributed by atoms with Crippen LogP contribution < -0.4 is 10.6 Å². The Balaban J connectivity index is 2.03. The number of halogens is 2. The summed E-state index contributed by atoms with van der Waals surface area (Å²) < 4.78 is 16.0. The van der Waals surface area contributed by atoms with E-state index in [1.54, 1.807) is 12.3 Å². The van der Waals surface area contributed by atoms with Crippen LogP contribution in [0.4, 0.5) is 15.0 Å². The summed E-state index contributed by atoms with van der Waals surface area (Å²) in [6.07, 6.45) is 0.661. The summed E-state index contributed by atoms with van der Waals surface area (Å²) in [5.74, 6) is -0.493. The van der Waals surface area contributed by atoms with Crippen molar-refractivity contribution in [2.75, 3.05) is 18.0 Å². The number of piperazine rings is 1. The third kappa shape index (κ3) is 3.96. The van der Waals surface area contributed by atoms with Crippen LogP contribution in [0.5, 0.6) is 0 Å². The zero-order valence-electron chi connectivity index (χ0n) is 19.6. The van der Waals surface area contributed by atoms with Gasteiger partial charge in [0.2, 0.25) is 0 Å². The van der Waals surface area contributed by atoms with E-state index in [1.165, 1.54) is 15.5 Å². The molecule has 1 aliphatic rings. The second-order valence-corrected chi connectivity index (χ2v) is 9.35. The van der Waals surface area contributed by atoms with Crippen molar-refractivity contribution in [2.24, 2.45) is 0 Å². The molecule has 34 heavy (non-hydrogen) atoms. The van der Waals surface area contributed by atoms with Gasteiger partial charge in [0.15, 0.2) is 16.6 Å². The van der Waals surface area contributed by atoms with Gasteiger partial charge < -0.3 is 14.9 Å². The van der Waals surface area contributed by atoms with E-state index in [9.17, 15) is 19.1 Å². The highest BCUT2D eigenvalue weighted by molar-refractivity contribution is 6.30. The van der Waals surface area contributed by atoms with Crippen molar-refractivity contribution in [1.82, 2.24) is 24.4 Å². The molecule has 0 aromatic carbocycles. The summed E-state index contributed by atoms with van der Waals surface area (Å²) in [6, 6.07) is 2.40. The van der Waals surface area contributed by atoms with E-state index in [1.807, 2.05) is 39.5 Å². The Labute approximate surface area is 200 Å². The molecule has 1 saturated heterocycles. The minimum Gasteiger partial charge on any atom is -0.465 e. The monoisotopic (exact) mass is 488 g/mol. The van der Waals surface area contributed by atoms with Crippen LogP contribution in [0.15, 0.2) is 23.1 Å². The van der Waals surface area contributed by atoms with Crippen LogP contribution in [-0.2, 0) is 0 Å². The number of aromatic nitrogens is 4. The minimum atomic E-state index is -1.01. The average molecular weight is 489 g/mol. The van der Waals surface area contributed by atoms with Crippen molar-refractivity contribution in [3.63, 3.8) is 0 Å². The molecule has 0 bridgehead atoms. The highest BCUT2D eigenvalue weighted by atomic mass is 35.5. The Bertz CT molecular complexity index is 1330. The molecule has 2 atom stereocenters. The molecule has 4 rings (SSSR count). The number of rotatable bonds is 3. The van der Waals surface area contributed by atoms with Gasteiger partial charge in [-0.25, -0.2) is 23.5 Å². The summed E-state index contributed by atoms with van der Waals surface area (Å²) in [5.41, 5.74) is 1.57. The molecule has 180 valence electrons. The van der Waals surface area contributed by atoms with E-state index in [-0.39, 0.29) is 47.7 Å². The number of fused-ring (bicyclic) bond motifs is 1. The number of nitrogens with zero attached hydrogens (tertiary/aromatic N) is 6. The van der Waals surface area contributed by atoms with Gasteiger partial charge in [-0.2, -0.15) is 4.98 Å². The average Bonchev–Trinajstić information content (AvgIpc) is 2.75. The molecule has 3 aromatic heterocycles. The van der Waals surface area contributed by atoms with Crippen LogP contribution in [0, 0.1) is 12.7 Å². The van der Waals surface area contributed by atoms with Gasteiger partial charge in [0, 0.05) is 31.4 Å². The standard InChI is InChI=1S/C23H26ClFN6O3/c1-11(2)17-18(12(3)6-7-26-17)31-20-15(8-16(25)19(24)27-20)21(28-22(31)32)30-13(4)9-29(23(33)34)10-14(30)5/h6-8,11,13-14H,9-10H2,1-5H3,(H,33,34)/t13-,14+. The molecule has 4 heterocycles. The first-order valence-electron chi connectivity index (χ1n) is 11.0. The quantitative estimate of drug-likeness (QED) is 0.556. The molecular formula is C23H26ClFN6O3. The van der Waals surface area contributed by atoms with Gasteiger partial charge in [0.05, 0.1) is 16.8 Å². The van der Waals surface area contributed by atoms with Gasteiger partial charge in [0.25, 0.3) is 0 Å². The second kappa shape index (κ2) is 8.83. The summed E-state index contributed by atoms with van der Waals surface area (Å²) in [4.78, 5) is 41.3. The van der Waals surface area contributed by atoms with Crippen molar-refractivity contribution in [2.45, 2.75) is 52.6 Å². The van der Waals surface area contributed by atoms with Crippen molar-refractivity contribution in [3.8, 4) is 5.69 Å². The molecule has 0 saturated carbocycles. The maximum absolute atomic E-state index is 14.7. The smallest absolute Gasteiger partial charge is 0.407 e. The Morgan fingerprint density at radius 3 is 2.47 bits per heavy atom. The lowest BCUT2D eigenvalue weighted by Gasteiger charge is -2.44. The van der Waals surface area contributed by atoms with E-state index in [4.69, 9.17) is 11.6 Å². The first kappa shape index (κ1) is 23.9. The third-order valence-electron chi connectivity index (χ3n) is 6.12. The van der Waals surface area contributed by atoms with Crippen molar-refractivity contribution in [1.29, 1.82) is 0 Å². The van der Waals surface area contributed by atoms with Crippen LogP contribution >= 0.6 is 11.6 Å². The Morgan fingerprint density at radius 2 is 1.88 bits per heavy atom. The highest BCUT2D eigenvalue weighted by Gasteiger charge is 2.35. The Hall–Kier alpha value is -3.27. The zero-order valence-corrected chi connectivity index (χ0v) is 20.3. The summed E-state index contributed by atoms with van der Waals surface area (Å²) >= 11 is 6.07. The fraction of sp³-hybridized carbons (Fsp3) is 0.435. The van der Waals surface area contributed by atoms with E-state index < -0.39 is 17.6 Å². The highest BCUT2D eigenvalue weighted by Crippen LogP contribution is 2.33. The Kier molecular flexibility index (Phi) is 6.20. The molecule has 11 heteroatoms. The topological polar surface area (TPSA) is 104 Å². The zero-order chi connectivity index (χ0) is 24.9. The summed E-state index contributed by atoms with van der Waals surface area (Å²) in [5, 5.41) is 9.38. The number of carbonyl (C=O) groups is 1. The molecule has 0 spiro atoms. The fourth-order valence-corrected chi connectivity index (χ4v) is 4.80. The lowest BCUT2D eigenvalue weighted by atomic mass is 10.0. The molecule has 0 aliphatic carbocycles. The number of carboxylic acid groups (broad SMARTS) is 1. The van der Waals surface area contributed by atoms with E-state index in [0.29, 0.717) is 16.8 Å². The third-order valence-corrected chi connectivity index (χ3v) is 6.38. The van der Waals surface area contributed by atoms with Crippen LogP contribution in [0.3, 0.4) is 0 Å². The number of hydrogen-bond donors (Lipinski definition) is 1. The largest absolute Gasteiger partial charge is 0.465 e. The van der Waals surface area contributed by atoms with Crippen molar-refractivity contribution >= 4 is 34.5 Å². The minimum absolute atomic E-state index is 0.00316. The van der Waals surface area contributed by atoms with Gasteiger partial charge in [-0.3, -0.25) is 4.98 Å². The molecule has 1 fully saturated rings. The first-order chi connectivity index (χ1) is 16.0. The van der Waals surface area contributed by atoms with Crippen LogP contribution in [0.1, 0.15) is 44.9 Å². The van der Waals surface area contributed by atoms with Crippen LogP contribution in [0.2, 0.25) is 5.15 Å². The molecule has 1 N–H and O–H groups in total. The fourth-order valence-electron chi connectivity index (χ4n) is 4.66. The first-order valence-corrected chi connectivity index (χ1v) is 11.4. The number of pyridine rings is 2. The number of aryl methyl sites for hydroxylation is 1.